The van der Waals surface area contributed by atoms with Crippen molar-refractivity contribution in [3.8, 4) is 5.75 Å². The van der Waals surface area contributed by atoms with Crippen LogP contribution in [-0.2, 0) is 9.84 Å². The Bertz CT molecular complexity index is 763. The highest BCUT2D eigenvalue weighted by Crippen LogP contribution is 2.19. The maximum atomic E-state index is 12.3. The summed E-state index contributed by atoms with van der Waals surface area (Å²) in [6.45, 7) is 1.78. The second kappa shape index (κ2) is 6.10. The minimum Gasteiger partial charge on any atom is -0.497 e. The Morgan fingerprint density at radius 1 is 1.10 bits per heavy atom. The van der Waals surface area contributed by atoms with Crippen LogP contribution in [0.15, 0.2) is 53.4 Å². The van der Waals surface area contributed by atoms with Gasteiger partial charge in [0.1, 0.15) is 11.5 Å². The lowest BCUT2D eigenvalue weighted by atomic mass is 10.1. The molecule has 0 fully saturated rings. The molecule has 0 aromatic heterocycles. The fourth-order valence-electron chi connectivity index (χ4n) is 2.01. The van der Waals surface area contributed by atoms with Gasteiger partial charge < -0.3 is 4.74 Å². The van der Waals surface area contributed by atoms with Crippen molar-refractivity contribution in [2.45, 2.75) is 11.8 Å². The van der Waals surface area contributed by atoms with E-state index in [-0.39, 0.29) is 4.90 Å². The topological polar surface area (TPSA) is 60.4 Å². The first-order chi connectivity index (χ1) is 9.94. The zero-order valence-electron chi connectivity index (χ0n) is 11.9. The molecule has 0 amide bonds. The smallest absolute Gasteiger partial charge is 0.185 e. The molecule has 2 aromatic carbocycles. The molecule has 110 valence electrons. The van der Waals surface area contributed by atoms with Crippen molar-refractivity contribution >= 4 is 15.6 Å². The fraction of sp³-hybridized carbons (Fsp3) is 0.188. The van der Waals surface area contributed by atoms with E-state index in [2.05, 4.69) is 0 Å². The molecule has 0 saturated carbocycles. The molecule has 5 heteroatoms. The van der Waals surface area contributed by atoms with Crippen LogP contribution in [0.2, 0.25) is 0 Å². The number of rotatable bonds is 5. The van der Waals surface area contributed by atoms with Crippen LogP contribution in [0.25, 0.3) is 0 Å². The summed E-state index contributed by atoms with van der Waals surface area (Å²) in [4.78, 5) is 12.3. The van der Waals surface area contributed by atoms with Crippen LogP contribution < -0.4 is 4.74 Å². The fourth-order valence-corrected chi connectivity index (χ4v) is 3.26. The molecule has 0 saturated heterocycles. The van der Waals surface area contributed by atoms with Gasteiger partial charge >= 0.3 is 0 Å². The van der Waals surface area contributed by atoms with E-state index >= 15 is 0 Å². The van der Waals surface area contributed by atoms with Gasteiger partial charge in [-0.05, 0) is 30.7 Å². The molecule has 0 bridgehead atoms. The molecule has 0 radical (unpaired) electrons. The number of methoxy groups -OCH3 is 1. The summed E-state index contributed by atoms with van der Waals surface area (Å²) < 4.78 is 29.6. The van der Waals surface area contributed by atoms with E-state index in [0.29, 0.717) is 11.3 Å². The average molecular weight is 304 g/mol. The van der Waals surface area contributed by atoms with Gasteiger partial charge in [-0.15, -0.1) is 0 Å². The molecule has 0 spiro atoms. The van der Waals surface area contributed by atoms with Crippen molar-refractivity contribution in [3.05, 3.63) is 59.7 Å². The molecular formula is C16H16O4S. The maximum Gasteiger partial charge on any atom is 0.185 e. The molecule has 21 heavy (non-hydrogen) atoms. The van der Waals surface area contributed by atoms with Gasteiger partial charge in [0, 0.05) is 5.56 Å². The Labute approximate surface area is 124 Å². The second-order valence-corrected chi connectivity index (χ2v) is 6.67. The van der Waals surface area contributed by atoms with Gasteiger partial charge in [0.25, 0.3) is 0 Å². The predicted octanol–water partition coefficient (Wildman–Crippen LogP) is 2.66. The van der Waals surface area contributed by atoms with Gasteiger partial charge in [-0.3, -0.25) is 4.79 Å². The number of hydrogen-bond acceptors (Lipinski definition) is 4. The van der Waals surface area contributed by atoms with Crippen LogP contribution in [-0.4, -0.2) is 27.1 Å². The van der Waals surface area contributed by atoms with Gasteiger partial charge in [-0.2, -0.15) is 0 Å². The largest absolute Gasteiger partial charge is 0.497 e. The Morgan fingerprint density at radius 2 is 1.81 bits per heavy atom. The van der Waals surface area contributed by atoms with Crippen molar-refractivity contribution in [2.75, 3.05) is 12.9 Å². The number of carbonyl (C=O) groups is 1. The first-order valence-corrected chi connectivity index (χ1v) is 8.05. The van der Waals surface area contributed by atoms with E-state index in [1.54, 1.807) is 37.3 Å². The lowest BCUT2D eigenvalue weighted by molar-refractivity contribution is 0.102. The quantitative estimate of drug-likeness (QED) is 0.797. The molecule has 4 nitrogen and oxygen atoms in total. The molecule has 2 rings (SSSR count). The number of Topliss-reactive ketones (excluding diaryl/α,β-unsaturated/α-hetero) is 1. The molecule has 0 aliphatic heterocycles. The van der Waals surface area contributed by atoms with Crippen LogP contribution in [0.4, 0.5) is 0 Å². The molecule has 0 atom stereocenters. The number of aryl methyl sites for hydroxylation is 1. The summed E-state index contributed by atoms with van der Waals surface area (Å²) in [5.74, 6) is -0.513. The molecular weight excluding hydrogens is 288 g/mol. The van der Waals surface area contributed by atoms with Gasteiger partial charge in [-0.1, -0.05) is 30.3 Å². The minimum absolute atomic E-state index is 0.0868. The highest BCUT2D eigenvalue weighted by molar-refractivity contribution is 7.92. The van der Waals surface area contributed by atoms with Crippen molar-refractivity contribution < 1.29 is 17.9 Å². The number of sulfone groups is 1. The van der Waals surface area contributed by atoms with Gasteiger partial charge in [0.2, 0.25) is 0 Å². The van der Waals surface area contributed by atoms with E-state index in [9.17, 15) is 13.2 Å². The first kappa shape index (κ1) is 15.3. The van der Waals surface area contributed by atoms with Crippen molar-refractivity contribution in [3.63, 3.8) is 0 Å². The summed E-state index contributed by atoms with van der Waals surface area (Å²) in [6, 6.07) is 13.1. The lowest BCUT2D eigenvalue weighted by Crippen LogP contribution is -2.17. The first-order valence-electron chi connectivity index (χ1n) is 6.39. The number of ketones is 1. The van der Waals surface area contributed by atoms with E-state index in [1.165, 1.54) is 19.2 Å². The SMILES string of the molecule is COc1cccc(S(=O)(=O)CC(=O)c2ccccc2C)c1. The Morgan fingerprint density at radius 3 is 2.48 bits per heavy atom. The molecule has 0 aliphatic rings. The number of carbonyl (C=O) groups excluding carboxylic acids is 1. The highest BCUT2D eigenvalue weighted by atomic mass is 32.2. The van der Waals surface area contributed by atoms with Gasteiger partial charge in [-0.25, -0.2) is 8.42 Å². The van der Waals surface area contributed by atoms with Crippen LogP contribution in [0, 0.1) is 6.92 Å². The average Bonchev–Trinajstić information content (AvgIpc) is 2.47. The van der Waals surface area contributed by atoms with E-state index in [1.807, 2.05) is 6.07 Å². The standard InChI is InChI=1S/C16H16O4S/c1-12-6-3-4-9-15(12)16(17)11-21(18,19)14-8-5-7-13(10-14)20-2/h3-10H,11H2,1-2H3. The Hall–Kier alpha value is -2.14. The van der Waals surface area contributed by atoms with Crippen LogP contribution >= 0.6 is 0 Å². The Balaban J connectivity index is 2.29. The summed E-state index contributed by atoms with van der Waals surface area (Å²) in [6.07, 6.45) is 0. The van der Waals surface area contributed by atoms with Crippen molar-refractivity contribution in [1.82, 2.24) is 0 Å². The predicted molar refractivity (Wildman–Crippen MR) is 80.6 cm³/mol. The molecule has 0 unspecified atom stereocenters. The molecule has 0 aliphatic carbocycles. The van der Waals surface area contributed by atoms with E-state index in [4.69, 9.17) is 4.74 Å². The number of hydrogen-bond donors (Lipinski definition) is 0. The summed E-state index contributed by atoms with van der Waals surface area (Å²) in [5, 5.41) is 0. The van der Waals surface area contributed by atoms with E-state index in [0.717, 1.165) is 5.56 Å². The second-order valence-electron chi connectivity index (χ2n) is 4.68. The third kappa shape index (κ3) is 3.49. The molecule has 2 aromatic rings. The zero-order chi connectivity index (χ0) is 15.5. The summed E-state index contributed by atoms with van der Waals surface area (Å²) in [7, 11) is -2.22. The summed E-state index contributed by atoms with van der Waals surface area (Å²) >= 11 is 0. The highest BCUT2D eigenvalue weighted by Gasteiger charge is 2.21. The monoisotopic (exact) mass is 304 g/mol. The number of benzene rings is 2. The van der Waals surface area contributed by atoms with Gasteiger partial charge in [0.05, 0.1) is 12.0 Å². The van der Waals surface area contributed by atoms with E-state index < -0.39 is 21.4 Å². The van der Waals surface area contributed by atoms with Crippen molar-refractivity contribution in [2.24, 2.45) is 0 Å². The van der Waals surface area contributed by atoms with Crippen LogP contribution in [0.1, 0.15) is 15.9 Å². The minimum atomic E-state index is -3.69. The Kier molecular flexibility index (Phi) is 4.43. The maximum absolute atomic E-state index is 12.3. The normalized spacial score (nSPS) is 11.1. The van der Waals surface area contributed by atoms with Crippen molar-refractivity contribution in [1.29, 1.82) is 0 Å². The lowest BCUT2D eigenvalue weighted by Gasteiger charge is -2.07. The van der Waals surface area contributed by atoms with Crippen LogP contribution in [0.3, 0.4) is 0 Å². The molecule has 0 N–H and O–H groups in total. The third-order valence-electron chi connectivity index (χ3n) is 3.17. The summed E-state index contributed by atoms with van der Waals surface area (Å²) in [5.41, 5.74) is 1.20. The zero-order valence-corrected chi connectivity index (χ0v) is 12.7. The van der Waals surface area contributed by atoms with Gasteiger partial charge in [0.15, 0.2) is 15.6 Å². The third-order valence-corrected chi connectivity index (χ3v) is 4.78. The van der Waals surface area contributed by atoms with Crippen LogP contribution in [0.5, 0.6) is 5.75 Å². The molecule has 0 heterocycles. The number of ether oxygens (including phenoxy) is 1.